The van der Waals surface area contributed by atoms with Crippen LogP contribution in [0.4, 0.5) is 0 Å². The van der Waals surface area contributed by atoms with Gasteiger partial charge in [-0.15, -0.1) is 0 Å². The molecule has 0 radical (unpaired) electrons. The number of nitrogens with one attached hydrogen (secondary N) is 1. The van der Waals surface area contributed by atoms with Crippen LogP contribution in [0.25, 0.3) is 0 Å². The summed E-state index contributed by atoms with van der Waals surface area (Å²) in [7, 11) is 2.09. The SMILES string of the molecule is CNC(c1cscc1Br)C1CCCC1(C)C. The van der Waals surface area contributed by atoms with Crippen molar-refractivity contribution in [2.45, 2.75) is 39.2 Å². The van der Waals surface area contributed by atoms with Gasteiger partial charge in [0, 0.05) is 15.9 Å². The molecule has 1 nitrogen and oxygen atoms in total. The Kier molecular flexibility index (Phi) is 3.77. The zero-order valence-corrected chi connectivity index (χ0v) is 12.6. The minimum absolute atomic E-state index is 0.467. The van der Waals surface area contributed by atoms with Crippen LogP contribution in [0, 0.1) is 11.3 Å². The molecule has 1 aliphatic rings. The number of hydrogen-bond donors (Lipinski definition) is 1. The Bertz CT molecular complexity index is 359. The Balaban J connectivity index is 2.27. The van der Waals surface area contributed by atoms with Crippen LogP contribution < -0.4 is 5.32 Å². The highest BCUT2D eigenvalue weighted by atomic mass is 79.9. The summed E-state index contributed by atoms with van der Waals surface area (Å²) >= 11 is 5.44. The zero-order valence-electron chi connectivity index (χ0n) is 10.2. The van der Waals surface area contributed by atoms with Crippen LogP contribution in [0.15, 0.2) is 15.2 Å². The number of rotatable bonds is 3. The van der Waals surface area contributed by atoms with Gasteiger partial charge in [0.2, 0.25) is 0 Å². The lowest BCUT2D eigenvalue weighted by Gasteiger charge is -2.34. The molecule has 2 atom stereocenters. The van der Waals surface area contributed by atoms with E-state index in [0.29, 0.717) is 11.5 Å². The predicted molar refractivity (Wildman–Crippen MR) is 74.9 cm³/mol. The number of thiophene rings is 1. The van der Waals surface area contributed by atoms with E-state index in [0.717, 1.165) is 5.92 Å². The lowest BCUT2D eigenvalue weighted by atomic mass is 9.76. The van der Waals surface area contributed by atoms with Crippen molar-refractivity contribution < 1.29 is 0 Å². The Morgan fingerprint density at radius 1 is 1.50 bits per heavy atom. The van der Waals surface area contributed by atoms with Gasteiger partial charge in [-0.1, -0.05) is 20.3 Å². The molecule has 1 aliphatic carbocycles. The van der Waals surface area contributed by atoms with Crippen molar-refractivity contribution in [2.24, 2.45) is 11.3 Å². The first-order valence-corrected chi connectivity index (χ1v) is 7.68. The molecule has 2 unspecified atom stereocenters. The summed E-state index contributed by atoms with van der Waals surface area (Å²) < 4.78 is 1.26. The molecule has 0 spiro atoms. The third-order valence-electron chi connectivity index (χ3n) is 4.03. The predicted octanol–water partition coefficient (Wildman–Crippen LogP) is 4.60. The molecule has 90 valence electrons. The van der Waals surface area contributed by atoms with E-state index in [1.54, 1.807) is 11.3 Å². The van der Waals surface area contributed by atoms with Crippen LogP contribution in [0.1, 0.15) is 44.7 Å². The van der Waals surface area contributed by atoms with Crippen LogP contribution in [0.2, 0.25) is 0 Å². The number of hydrogen-bond acceptors (Lipinski definition) is 2. The van der Waals surface area contributed by atoms with Gasteiger partial charge in [-0.05, 0) is 58.1 Å². The molecule has 1 N–H and O–H groups in total. The lowest BCUT2D eigenvalue weighted by molar-refractivity contribution is 0.203. The summed E-state index contributed by atoms with van der Waals surface area (Å²) in [6, 6.07) is 0.498. The van der Waals surface area contributed by atoms with E-state index in [1.807, 2.05) is 0 Å². The molecule has 2 rings (SSSR count). The highest BCUT2D eigenvalue weighted by Gasteiger charge is 2.40. The Morgan fingerprint density at radius 2 is 2.25 bits per heavy atom. The van der Waals surface area contributed by atoms with Gasteiger partial charge in [0.1, 0.15) is 0 Å². The van der Waals surface area contributed by atoms with Crippen LogP contribution in [0.3, 0.4) is 0 Å². The molecule has 0 saturated heterocycles. The van der Waals surface area contributed by atoms with Gasteiger partial charge in [-0.25, -0.2) is 0 Å². The molecular formula is C13H20BrNS. The molecule has 0 aliphatic heterocycles. The largest absolute Gasteiger partial charge is 0.313 e. The fourth-order valence-corrected chi connectivity index (χ4v) is 4.64. The van der Waals surface area contributed by atoms with E-state index < -0.39 is 0 Å². The average molecular weight is 302 g/mol. The molecular weight excluding hydrogens is 282 g/mol. The van der Waals surface area contributed by atoms with E-state index >= 15 is 0 Å². The Labute approximate surface area is 111 Å². The maximum atomic E-state index is 3.66. The van der Waals surface area contributed by atoms with Crippen molar-refractivity contribution in [2.75, 3.05) is 7.05 Å². The van der Waals surface area contributed by atoms with Crippen molar-refractivity contribution in [1.29, 1.82) is 0 Å². The monoisotopic (exact) mass is 301 g/mol. The first-order valence-electron chi connectivity index (χ1n) is 5.95. The molecule has 0 amide bonds. The van der Waals surface area contributed by atoms with Gasteiger partial charge in [-0.3, -0.25) is 0 Å². The summed E-state index contributed by atoms with van der Waals surface area (Å²) in [6.45, 7) is 4.82. The second-order valence-electron chi connectivity index (χ2n) is 5.43. The van der Waals surface area contributed by atoms with Crippen LogP contribution in [-0.2, 0) is 0 Å². The van der Waals surface area contributed by atoms with E-state index in [9.17, 15) is 0 Å². The smallest absolute Gasteiger partial charge is 0.0370 e. The summed E-state index contributed by atoms with van der Waals surface area (Å²) in [5, 5.41) is 7.98. The zero-order chi connectivity index (χ0) is 11.8. The van der Waals surface area contributed by atoms with Gasteiger partial charge in [0.15, 0.2) is 0 Å². The lowest BCUT2D eigenvalue weighted by Crippen LogP contribution is -2.31. The van der Waals surface area contributed by atoms with Gasteiger partial charge in [0.25, 0.3) is 0 Å². The van der Waals surface area contributed by atoms with Crippen molar-refractivity contribution >= 4 is 27.3 Å². The molecule has 1 saturated carbocycles. The minimum Gasteiger partial charge on any atom is -0.313 e. The van der Waals surface area contributed by atoms with Crippen LogP contribution >= 0.6 is 27.3 Å². The standard InChI is InChI=1S/C13H20BrNS/c1-13(2)6-4-5-10(13)12(15-3)9-7-16-8-11(9)14/h7-8,10,12,15H,4-6H2,1-3H3. The molecule has 1 aromatic rings. The number of halogens is 1. The third-order valence-corrected chi connectivity index (χ3v) is 5.78. The molecule has 1 heterocycles. The van der Waals surface area contributed by atoms with Crippen LogP contribution in [0.5, 0.6) is 0 Å². The van der Waals surface area contributed by atoms with Gasteiger partial charge < -0.3 is 5.32 Å². The molecule has 0 aromatic carbocycles. The molecule has 1 aromatic heterocycles. The van der Waals surface area contributed by atoms with E-state index in [2.05, 4.69) is 52.9 Å². The highest BCUT2D eigenvalue weighted by Crippen LogP contribution is 2.49. The molecule has 0 bridgehead atoms. The average Bonchev–Trinajstić information content (AvgIpc) is 2.77. The van der Waals surface area contributed by atoms with E-state index in [1.165, 1.54) is 29.3 Å². The fraction of sp³-hybridized carbons (Fsp3) is 0.692. The fourth-order valence-electron chi connectivity index (χ4n) is 3.06. The highest BCUT2D eigenvalue weighted by molar-refractivity contribution is 9.10. The van der Waals surface area contributed by atoms with E-state index in [-0.39, 0.29) is 0 Å². The van der Waals surface area contributed by atoms with Crippen molar-refractivity contribution in [1.82, 2.24) is 5.32 Å². The normalized spacial score (nSPS) is 25.9. The summed E-state index contributed by atoms with van der Waals surface area (Å²) in [5.41, 5.74) is 1.90. The van der Waals surface area contributed by atoms with Crippen LogP contribution in [-0.4, -0.2) is 7.05 Å². The minimum atomic E-state index is 0.467. The molecule has 1 fully saturated rings. The summed E-state index contributed by atoms with van der Waals surface area (Å²) in [4.78, 5) is 0. The first-order chi connectivity index (χ1) is 7.56. The maximum absolute atomic E-state index is 3.66. The first kappa shape index (κ1) is 12.6. The van der Waals surface area contributed by atoms with Crippen molar-refractivity contribution in [3.63, 3.8) is 0 Å². The second kappa shape index (κ2) is 4.79. The topological polar surface area (TPSA) is 12.0 Å². The Morgan fingerprint density at radius 3 is 2.69 bits per heavy atom. The van der Waals surface area contributed by atoms with Gasteiger partial charge in [-0.2, -0.15) is 11.3 Å². The molecule has 16 heavy (non-hydrogen) atoms. The summed E-state index contributed by atoms with van der Waals surface area (Å²) in [5.74, 6) is 0.753. The van der Waals surface area contributed by atoms with E-state index in [4.69, 9.17) is 0 Å². The van der Waals surface area contributed by atoms with Crippen molar-refractivity contribution in [3.8, 4) is 0 Å². The van der Waals surface area contributed by atoms with Gasteiger partial charge in [0.05, 0.1) is 0 Å². The Hall–Kier alpha value is 0.140. The maximum Gasteiger partial charge on any atom is 0.0370 e. The van der Waals surface area contributed by atoms with Crippen molar-refractivity contribution in [3.05, 3.63) is 20.8 Å². The van der Waals surface area contributed by atoms with Gasteiger partial charge >= 0.3 is 0 Å². The second-order valence-corrected chi connectivity index (χ2v) is 7.03. The quantitative estimate of drug-likeness (QED) is 0.860. The molecule has 3 heteroatoms. The summed E-state index contributed by atoms with van der Waals surface area (Å²) in [6.07, 6.45) is 4.08. The third kappa shape index (κ3) is 2.22.